The van der Waals surface area contributed by atoms with Gasteiger partial charge in [-0.05, 0) is 41.1 Å². The average Bonchev–Trinajstić information content (AvgIpc) is 2.57. The number of aromatic nitrogens is 2. The molecular formula is C9H8IN3O. The molecule has 0 bridgehead atoms. The third kappa shape index (κ3) is 1.59. The van der Waals surface area contributed by atoms with E-state index >= 15 is 0 Å². The molecule has 0 spiro atoms. The Bertz CT molecular complexity index is 467. The molecule has 72 valence electrons. The Morgan fingerprint density at radius 2 is 2.14 bits per heavy atom. The molecule has 4 nitrogen and oxygen atoms in total. The number of rotatable bonds is 1. The van der Waals surface area contributed by atoms with Gasteiger partial charge >= 0.3 is 6.01 Å². The average molecular weight is 301 g/mol. The van der Waals surface area contributed by atoms with Crippen LogP contribution in [0.3, 0.4) is 0 Å². The number of hydrogen-bond acceptors (Lipinski definition) is 4. The van der Waals surface area contributed by atoms with Crippen molar-refractivity contribution in [1.82, 2.24) is 10.2 Å². The first kappa shape index (κ1) is 9.45. The Morgan fingerprint density at radius 1 is 1.36 bits per heavy atom. The highest BCUT2D eigenvalue weighted by molar-refractivity contribution is 14.1. The lowest BCUT2D eigenvalue weighted by Gasteiger charge is -2.01. The van der Waals surface area contributed by atoms with Crippen LogP contribution >= 0.6 is 22.6 Å². The van der Waals surface area contributed by atoms with E-state index < -0.39 is 0 Å². The third-order valence-electron chi connectivity index (χ3n) is 1.86. The first-order chi connectivity index (χ1) is 6.68. The standard InChI is InChI=1S/C9H8IN3O/c1-5-3-2-4-6(7(5)10)8-12-13-9(11)14-8/h2-4H,1H3,(H2,11,13). The number of anilines is 1. The second-order valence-corrected chi connectivity index (χ2v) is 3.96. The smallest absolute Gasteiger partial charge is 0.313 e. The van der Waals surface area contributed by atoms with Crippen LogP contribution in [0.1, 0.15) is 5.56 Å². The van der Waals surface area contributed by atoms with Crippen molar-refractivity contribution in [3.05, 3.63) is 27.3 Å². The van der Waals surface area contributed by atoms with Crippen LogP contribution in [-0.4, -0.2) is 10.2 Å². The van der Waals surface area contributed by atoms with E-state index in [4.69, 9.17) is 10.2 Å². The SMILES string of the molecule is Cc1cccc(-c2nnc(N)o2)c1I. The fraction of sp³-hybridized carbons (Fsp3) is 0.111. The van der Waals surface area contributed by atoms with Crippen molar-refractivity contribution in [2.45, 2.75) is 6.92 Å². The summed E-state index contributed by atoms with van der Waals surface area (Å²) in [7, 11) is 0. The highest BCUT2D eigenvalue weighted by Gasteiger charge is 2.10. The number of nitrogens with two attached hydrogens (primary N) is 1. The molecule has 1 aromatic carbocycles. The summed E-state index contributed by atoms with van der Waals surface area (Å²) in [5, 5.41) is 7.46. The zero-order valence-electron chi connectivity index (χ0n) is 7.49. The van der Waals surface area contributed by atoms with Crippen LogP contribution in [0, 0.1) is 10.5 Å². The number of hydrogen-bond donors (Lipinski definition) is 1. The van der Waals surface area contributed by atoms with Gasteiger partial charge in [0.2, 0.25) is 0 Å². The lowest BCUT2D eigenvalue weighted by Crippen LogP contribution is -1.86. The predicted octanol–water partition coefficient (Wildman–Crippen LogP) is 2.23. The number of benzene rings is 1. The Kier molecular flexibility index (Phi) is 2.40. The van der Waals surface area contributed by atoms with E-state index in [9.17, 15) is 0 Å². The molecule has 1 aromatic heterocycles. The normalized spacial score (nSPS) is 10.4. The summed E-state index contributed by atoms with van der Waals surface area (Å²) in [5.74, 6) is 0.468. The minimum absolute atomic E-state index is 0.0947. The fourth-order valence-corrected chi connectivity index (χ4v) is 1.75. The molecule has 0 unspecified atom stereocenters. The van der Waals surface area contributed by atoms with Crippen molar-refractivity contribution < 1.29 is 4.42 Å². The van der Waals surface area contributed by atoms with Crippen LogP contribution in [0.4, 0.5) is 6.01 Å². The maximum atomic E-state index is 5.36. The molecule has 0 atom stereocenters. The van der Waals surface area contributed by atoms with Gasteiger partial charge in [-0.3, -0.25) is 0 Å². The molecular weight excluding hydrogens is 293 g/mol. The lowest BCUT2D eigenvalue weighted by molar-refractivity contribution is 0.590. The summed E-state index contributed by atoms with van der Waals surface area (Å²) in [4.78, 5) is 0. The van der Waals surface area contributed by atoms with E-state index in [1.54, 1.807) is 0 Å². The Hall–Kier alpha value is -1.11. The van der Waals surface area contributed by atoms with Crippen LogP contribution in [0.15, 0.2) is 22.6 Å². The van der Waals surface area contributed by atoms with Gasteiger partial charge in [-0.1, -0.05) is 17.2 Å². The van der Waals surface area contributed by atoms with E-state index in [0.29, 0.717) is 5.89 Å². The summed E-state index contributed by atoms with van der Waals surface area (Å²) < 4.78 is 6.26. The van der Waals surface area contributed by atoms with Gasteiger partial charge in [-0.25, -0.2) is 0 Å². The second kappa shape index (κ2) is 3.56. The minimum Gasteiger partial charge on any atom is -0.404 e. The molecule has 5 heteroatoms. The van der Waals surface area contributed by atoms with E-state index in [-0.39, 0.29) is 6.01 Å². The van der Waals surface area contributed by atoms with Crippen molar-refractivity contribution in [2.24, 2.45) is 0 Å². The molecule has 2 N–H and O–H groups in total. The topological polar surface area (TPSA) is 64.9 Å². The number of nitrogens with zero attached hydrogens (tertiary/aromatic N) is 2. The molecule has 14 heavy (non-hydrogen) atoms. The first-order valence-electron chi connectivity index (χ1n) is 4.03. The molecule has 1 heterocycles. The molecule has 0 radical (unpaired) electrons. The number of halogens is 1. The van der Waals surface area contributed by atoms with Crippen LogP contribution in [0.5, 0.6) is 0 Å². The molecule has 0 aliphatic rings. The maximum absolute atomic E-state index is 5.36. The molecule has 0 amide bonds. The zero-order chi connectivity index (χ0) is 10.1. The lowest BCUT2D eigenvalue weighted by atomic mass is 10.1. The molecule has 0 fully saturated rings. The first-order valence-corrected chi connectivity index (χ1v) is 5.11. The van der Waals surface area contributed by atoms with E-state index in [2.05, 4.69) is 32.8 Å². The molecule has 0 saturated heterocycles. The summed E-state index contributed by atoms with van der Waals surface area (Å²) >= 11 is 2.25. The molecule has 0 aliphatic carbocycles. The van der Waals surface area contributed by atoms with Crippen LogP contribution < -0.4 is 5.73 Å². The number of nitrogen functional groups attached to an aromatic ring is 1. The van der Waals surface area contributed by atoms with Gasteiger partial charge in [-0.15, -0.1) is 5.10 Å². The summed E-state index contributed by atoms with van der Waals surface area (Å²) in [6, 6.07) is 6.01. The van der Waals surface area contributed by atoms with E-state index in [1.165, 1.54) is 5.56 Å². The van der Waals surface area contributed by atoms with Crippen molar-refractivity contribution in [1.29, 1.82) is 0 Å². The molecule has 0 saturated carbocycles. The summed E-state index contributed by atoms with van der Waals surface area (Å²) in [5.41, 5.74) is 7.47. The third-order valence-corrected chi connectivity index (χ3v) is 3.29. The van der Waals surface area contributed by atoms with Gasteiger partial charge in [0.05, 0.1) is 5.56 Å². The fourth-order valence-electron chi connectivity index (χ4n) is 1.16. The van der Waals surface area contributed by atoms with Crippen LogP contribution in [0.25, 0.3) is 11.5 Å². The predicted molar refractivity (Wildman–Crippen MR) is 61.6 cm³/mol. The zero-order valence-corrected chi connectivity index (χ0v) is 9.65. The quantitative estimate of drug-likeness (QED) is 0.820. The van der Waals surface area contributed by atoms with Crippen LogP contribution in [-0.2, 0) is 0 Å². The Labute approximate surface area is 94.7 Å². The molecule has 2 aromatic rings. The van der Waals surface area contributed by atoms with Crippen molar-refractivity contribution in [2.75, 3.05) is 5.73 Å². The van der Waals surface area contributed by atoms with E-state index in [0.717, 1.165) is 9.13 Å². The van der Waals surface area contributed by atoms with Crippen molar-refractivity contribution in [3.8, 4) is 11.5 Å². The van der Waals surface area contributed by atoms with Gasteiger partial charge in [-0.2, -0.15) is 0 Å². The summed E-state index contributed by atoms with van der Waals surface area (Å²) in [6.45, 7) is 2.03. The molecule has 2 rings (SSSR count). The van der Waals surface area contributed by atoms with Crippen LogP contribution in [0.2, 0.25) is 0 Å². The van der Waals surface area contributed by atoms with Crippen molar-refractivity contribution >= 4 is 28.6 Å². The van der Waals surface area contributed by atoms with Gasteiger partial charge < -0.3 is 10.2 Å². The highest BCUT2D eigenvalue weighted by atomic mass is 127. The largest absolute Gasteiger partial charge is 0.404 e. The maximum Gasteiger partial charge on any atom is 0.313 e. The Balaban J connectivity index is 2.57. The van der Waals surface area contributed by atoms with Gasteiger partial charge in [0.15, 0.2) is 0 Å². The second-order valence-electron chi connectivity index (χ2n) is 2.88. The minimum atomic E-state index is 0.0947. The monoisotopic (exact) mass is 301 g/mol. The highest BCUT2D eigenvalue weighted by Crippen LogP contribution is 2.26. The number of aryl methyl sites for hydroxylation is 1. The van der Waals surface area contributed by atoms with Gasteiger partial charge in [0.25, 0.3) is 5.89 Å². The van der Waals surface area contributed by atoms with Gasteiger partial charge in [0.1, 0.15) is 0 Å². The van der Waals surface area contributed by atoms with Gasteiger partial charge in [0, 0.05) is 3.57 Å². The van der Waals surface area contributed by atoms with E-state index in [1.807, 2.05) is 25.1 Å². The van der Waals surface area contributed by atoms with Crippen molar-refractivity contribution in [3.63, 3.8) is 0 Å². The Morgan fingerprint density at radius 3 is 2.79 bits per heavy atom. The molecule has 0 aliphatic heterocycles. The summed E-state index contributed by atoms with van der Waals surface area (Å²) in [6.07, 6.45) is 0.